The second kappa shape index (κ2) is 7.84. The van der Waals surface area contributed by atoms with Gasteiger partial charge in [-0.3, -0.25) is 0 Å². The van der Waals surface area contributed by atoms with Crippen LogP contribution in [-0.2, 0) is 19.4 Å². The molecule has 2 rings (SSSR count). The highest BCUT2D eigenvalue weighted by Crippen LogP contribution is 2.14. The highest BCUT2D eigenvalue weighted by Gasteiger charge is 2.09. The minimum absolute atomic E-state index is 0.144. The molecule has 0 saturated carbocycles. The van der Waals surface area contributed by atoms with Crippen molar-refractivity contribution in [1.82, 2.24) is 9.55 Å². The van der Waals surface area contributed by atoms with Crippen LogP contribution in [0.25, 0.3) is 0 Å². The van der Waals surface area contributed by atoms with E-state index < -0.39 is 0 Å². The van der Waals surface area contributed by atoms with Crippen molar-refractivity contribution in [1.29, 1.82) is 0 Å². The fourth-order valence-electron chi connectivity index (χ4n) is 2.46. The highest BCUT2D eigenvalue weighted by molar-refractivity contribution is 5.27. The van der Waals surface area contributed by atoms with Gasteiger partial charge in [0.2, 0.25) is 0 Å². The Labute approximate surface area is 127 Å². The van der Waals surface area contributed by atoms with Crippen LogP contribution in [0.2, 0.25) is 0 Å². The molecule has 0 aliphatic carbocycles. The predicted molar refractivity (Wildman–Crippen MR) is 85.5 cm³/mol. The summed E-state index contributed by atoms with van der Waals surface area (Å²) in [6, 6.07) is 8.33. The van der Waals surface area contributed by atoms with Crippen LogP contribution in [-0.4, -0.2) is 22.7 Å². The third-order valence-electron chi connectivity index (χ3n) is 3.67. The van der Waals surface area contributed by atoms with E-state index in [9.17, 15) is 0 Å². The Kier molecular flexibility index (Phi) is 5.81. The quantitative estimate of drug-likeness (QED) is 0.812. The fraction of sp³-hybridized carbons (Fsp3) is 0.471. The van der Waals surface area contributed by atoms with E-state index in [0.29, 0.717) is 0 Å². The Morgan fingerprint density at radius 1 is 1.29 bits per heavy atom. The molecule has 1 unspecified atom stereocenters. The smallest absolute Gasteiger partial charge is 0.118 e. The number of nitrogens with zero attached hydrogens (tertiary/aromatic N) is 2. The number of nitrogens with two attached hydrogens (primary N) is 1. The Morgan fingerprint density at radius 2 is 2.05 bits per heavy atom. The van der Waals surface area contributed by atoms with E-state index in [-0.39, 0.29) is 6.04 Å². The molecule has 0 bridgehead atoms. The van der Waals surface area contributed by atoms with Crippen molar-refractivity contribution in [3.8, 4) is 5.75 Å². The van der Waals surface area contributed by atoms with E-state index in [0.717, 1.165) is 43.8 Å². The van der Waals surface area contributed by atoms with Crippen molar-refractivity contribution < 1.29 is 4.74 Å². The standard InChI is InChI=1S/C17H25N3O/c1-3-11-20-12-10-19-17(20)13-15(18)7-4-14-5-8-16(21-2)9-6-14/h5-6,8-10,12,15H,3-4,7,11,13,18H2,1-2H3. The van der Waals surface area contributed by atoms with Crippen LogP contribution in [0.3, 0.4) is 0 Å². The molecular formula is C17H25N3O. The summed E-state index contributed by atoms with van der Waals surface area (Å²) in [7, 11) is 1.68. The molecule has 4 nitrogen and oxygen atoms in total. The first-order valence-corrected chi connectivity index (χ1v) is 7.61. The number of hydrogen-bond donors (Lipinski definition) is 1. The molecule has 0 aliphatic heterocycles. The Bertz CT molecular complexity index is 533. The molecule has 114 valence electrons. The maximum atomic E-state index is 6.26. The SMILES string of the molecule is CCCn1ccnc1CC(N)CCc1ccc(OC)cc1. The summed E-state index contributed by atoms with van der Waals surface area (Å²) in [5.74, 6) is 1.99. The zero-order valence-corrected chi connectivity index (χ0v) is 13.0. The lowest BCUT2D eigenvalue weighted by atomic mass is 10.0. The minimum Gasteiger partial charge on any atom is -0.497 e. The van der Waals surface area contributed by atoms with E-state index in [1.165, 1.54) is 5.56 Å². The van der Waals surface area contributed by atoms with Gasteiger partial charge in [0.1, 0.15) is 11.6 Å². The van der Waals surface area contributed by atoms with Crippen LogP contribution in [0, 0.1) is 0 Å². The van der Waals surface area contributed by atoms with E-state index in [1.807, 2.05) is 24.5 Å². The Balaban J connectivity index is 1.83. The monoisotopic (exact) mass is 287 g/mol. The summed E-state index contributed by atoms with van der Waals surface area (Å²) in [5.41, 5.74) is 7.55. The summed E-state index contributed by atoms with van der Waals surface area (Å²) >= 11 is 0. The topological polar surface area (TPSA) is 53.1 Å². The van der Waals surface area contributed by atoms with Gasteiger partial charge in [-0.05, 0) is 37.0 Å². The van der Waals surface area contributed by atoms with Gasteiger partial charge in [0.05, 0.1) is 7.11 Å². The van der Waals surface area contributed by atoms with Gasteiger partial charge in [-0.2, -0.15) is 0 Å². The molecule has 2 N–H and O–H groups in total. The van der Waals surface area contributed by atoms with Gasteiger partial charge < -0.3 is 15.0 Å². The number of methoxy groups -OCH3 is 1. The lowest BCUT2D eigenvalue weighted by molar-refractivity contribution is 0.414. The molecule has 1 aromatic carbocycles. The number of rotatable bonds is 8. The van der Waals surface area contributed by atoms with Gasteiger partial charge in [0.15, 0.2) is 0 Å². The molecule has 1 atom stereocenters. The zero-order valence-electron chi connectivity index (χ0n) is 13.0. The molecule has 1 heterocycles. The van der Waals surface area contributed by atoms with E-state index in [2.05, 4.69) is 28.6 Å². The van der Waals surface area contributed by atoms with Gasteiger partial charge in [0.25, 0.3) is 0 Å². The molecule has 0 aliphatic rings. The first-order valence-electron chi connectivity index (χ1n) is 7.61. The number of ether oxygens (including phenoxy) is 1. The maximum Gasteiger partial charge on any atom is 0.118 e. The van der Waals surface area contributed by atoms with Crippen LogP contribution in [0.15, 0.2) is 36.7 Å². The summed E-state index contributed by atoms with van der Waals surface area (Å²) in [4.78, 5) is 4.42. The number of hydrogen-bond acceptors (Lipinski definition) is 3. The highest BCUT2D eigenvalue weighted by atomic mass is 16.5. The first kappa shape index (κ1) is 15.6. The molecule has 0 amide bonds. The van der Waals surface area contributed by atoms with Gasteiger partial charge in [-0.25, -0.2) is 4.98 Å². The molecule has 1 aromatic heterocycles. The first-order chi connectivity index (χ1) is 10.2. The van der Waals surface area contributed by atoms with E-state index in [4.69, 9.17) is 10.5 Å². The maximum absolute atomic E-state index is 6.26. The molecule has 0 radical (unpaired) electrons. The second-order valence-electron chi connectivity index (χ2n) is 5.39. The largest absolute Gasteiger partial charge is 0.497 e. The van der Waals surface area contributed by atoms with Crippen LogP contribution in [0.1, 0.15) is 31.2 Å². The summed E-state index contributed by atoms with van der Waals surface area (Å²) in [6.45, 7) is 3.19. The normalized spacial score (nSPS) is 12.3. The molecule has 21 heavy (non-hydrogen) atoms. The fourth-order valence-corrected chi connectivity index (χ4v) is 2.46. The molecule has 0 saturated heterocycles. The van der Waals surface area contributed by atoms with Gasteiger partial charge in [-0.1, -0.05) is 19.1 Å². The number of imidazole rings is 1. The summed E-state index contributed by atoms with van der Waals surface area (Å²) in [5, 5.41) is 0. The predicted octanol–water partition coefficient (Wildman–Crippen LogP) is 2.80. The third-order valence-corrected chi connectivity index (χ3v) is 3.67. The van der Waals surface area contributed by atoms with E-state index in [1.54, 1.807) is 7.11 Å². The zero-order chi connectivity index (χ0) is 15.1. The average molecular weight is 287 g/mol. The minimum atomic E-state index is 0.144. The Morgan fingerprint density at radius 3 is 2.71 bits per heavy atom. The molecule has 0 spiro atoms. The van der Waals surface area contributed by atoms with Crippen molar-refractivity contribution >= 4 is 0 Å². The molecule has 2 aromatic rings. The Hall–Kier alpha value is -1.81. The third kappa shape index (κ3) is 4.60. The van der Waals surface area contributed by atoms with Gasteiger partial charge in [-0.15, -0.1) is 0 Å². The molecular weight excluding hydrogens is 262 g/mol. The van der Waals surface area contributed by atoms with Gasteiger partial charge in [0, 0.05) is 31.4 Å². The van der Waals surface area contributed by atoms with Crippen LogP contribution >= 0.6 is 0 Å². The summed E-state index contributed by atoms with van der Waals surface area (Å²) in [6.07, 6.45) is 7.80. The van der Waals surface area contributed by atoms with Crippen molar-refractivity contribution in [2.75, 3.05) is 7.11 Å². The molecule has 4 heteroatoms. The van der Waals surface area contributed by atoms with Crippen molar-refractivity contribution in [2.45, 2.75) is 45.2 Å². The number of benzene rings is 1. The van der Waals surface area contributed by atoms with Crippen molar-refractivity contribution in [2.24, 2.45) is 5.73 Å². The lowest BCUT2D eigenvalue weighted by Gasteiger charge is -2.13. The van der Waals surface area contributed by atoms with Gasteiger partial charge >= 0.3 is 0 Å². The van der Waals surface area contributed by atoms with Crippen LogP contribution in [0.4, 0.5) is 0 Å². The second-order valence-corrected chi connectivity index (χ2v) is 5.39. The number of aromatic nitrogens is 2. The number of aryl methyl sites for hydroxylation is 2. The summed E-state index contributed by atoms with van der Waals surface area (Å²) < 4.78 is 7.37. The van der Waals surface area contributed by atoms with Crippen molar-refractivity contribution in [3.63, 3.8) is 0 Å². The van der Waals surface area contributed by atoms with Crippen molar-refractivity contribution in [3.05, 3.63) is 48.0 Å². The van der Waals surface area contributed by atoms with Crippen LogP contribution < -0.4 is 10.5 Å². The lowest BCUT2D eigenvalue weighted by Crippen LogP contribution is -2.25. The van der Waals surface area contributed by atoms with E-state index >= 15 is 0 Å². The molecule has 0 fully saturated rings. The average Bonchev–Trinajstić information content (AvgIpc) is 2.93. The van der Waals surface area contributed by atoms with Crippen LogP contribution in [0.5, 0.6) is 5.75 Å².